The number of rotatable bonds is 13. The third kappa shape index (κ3) is 9.35. The fourth-order valence-electron chi connectivity index (χ4n) is 5.23. The number of amides is 3. The van der Waals surface area contributed by atoms with Crippen LogP contribution >= 0.6 is 0 Å². The number of hydrogen-bond acceptors (Lipinski definition) is 4. The maximum atomic E-state index is 13.3. The second-order valence-corrected chi connectivity index (χ2v) is 11.5. The predicted octanol–water partition coefficient (Wildman–Crippen LogP) is 6.82. The molecule has 1 heterocycles. The van der Waals surface area contributed by atoms with Gasteiger partial charge in [-0.1, -0.05) is 89.6 Å². The largest absolute Gasteiger partial charge is 0.496 e. The number of methoxy groups -OCH3 is 1. The van der Waals surface area contributed by atoms with Crippen molar-refractivity contribution in [1.29, 1.82) is 0 Å². The number of anilines is 1. The van der Waals surface area contributed by atoms with Crippen LogP contribution in [0.4, 0.5) is 10.5 Å². The summed E-state index contributed by atoms with van der Waals surface area (Å²) < 4.78 is 5.45. The molecule has 1 saturated heterocycles. The first-order valence-corrected chi connectivity index (χ1v) is 15.2. The van der Waals surface area contributed by atoms with E-state index in [1.807, 2.05) is 46.2 Å². The van der Waals surface area contributed by atoms with E-state index < -0.39 is 0 Å². The molecule has 3 rings (SSSR count). The van der Waals surface area contributed by atoms with E-state index in [9.17, 15) is 9.59 Å². The first-order valence-electron chi connectivity index (χ1n) is 15.2. The number of ether oxygens (including phenoxy) is 1. The van der Waals surface area contributed by atoms with E-state index in [-0.39, 0.29) is 11.9 Å². The molecule has 0 saturated carbocycles. The van der Waals surface area contributed by atoms with Gasteiger partial charge in [0, 0.05) is 63.5 Å². The summed E-state index contributed by atoms with van der Waals surface area (Å²) in [7, 11) is 1.67. The summed E-state index contributed by atoms with van der Waals surface area (Å²) in [5, 5.41) is 3.25. The number of nitrogens with zero attached hydrogens (tertiary/aromatic N) is 3. The zero-order valence-corrected chi connectivity index (χ0v) is 26.0. The molecule has 0 aliphatic carbocycles. The number of unbranched alkanes of at least 4 members (excludes halogenated alkanes) is 1. The Labute approximate surface area is 247 Å². The van der Waals surface area contributed by atoms with Crippen LogP contribution in [0, 0.1) is 0 Å². The molecule has 0 bridgehead atoms. The van der Waals surface area contributed by atoms with Crippen LogP contribution in [0.1, 0.15) is 82.4 Å². The second-order valence-electron chi connectivity index (χ2n) is 11.5. The zero-order valence-electron chi connectivity index (χ0n) is 26.0. The lowest BCUT2D eigenvalue weighted by Crippen LogP contribution is -2.51. The van der Waals surface area contributed by atoms with E-state index in [0.717, 1.165) is 49.5 Å². The van der Waals surface area contributed by atoms with E-state index in [0.29, 0.717) is 44.4 Å². The van der Waals surface area contributed by atoms with Gasteiger partial charge in [-0.25, -0.2) is 4.79 Å². The lowest BCUT2D eigenvalue weighted by atomic mass is 9.93. The third-order valence-electron chi connectivity index (χ3n) is 7.81. The molecular formula is C34H50N4O3. The minimum Gasteiger partial charge on any atom is -0.496 e. The van der Waals surface area contributed by atoms with Gasteiger partial charge in [0.05, 0.1) is 7.11 Å². The Morgan fingerprint density at radius 3 is 2.24 bits per heavy atom. The van der Waals surface area contributed by atoms with E-state index in [1.165, 1.54) is 11.1 Å². The molecule has 1 fully saturated rings. The molecule has 1 aliphatic rings. The van der Waals surface area contributed by atoms with Gasteiger partial charge in [-0.3, -0.25) is 9.69 Å². The molecule has 0 radical (unpaired) electrons. The summed E-state index contributed by atoms with van der Waals surface area (Å²) in [5.74, 6) is 1.67. The Morgan fingerprint density at radius 2 is 1.63 bits per heavy atom. The van der Waals surface area contributed by atoms with Crippen LogP contribution in [0.25, 0.3) is 6.08 Å². The normalized spacial score (nSPS) is 14.2. The molecule has 41 heavy (non-hydrogen) atoms. The van der Waals surface area contributed by atoms with Crippen molar-refractivity contribution in [2.75, 3.05) is 58.2 Å². The van der Waals surface area contributed by atoms with Crippen LogP contribution in [0.2, 0.25) is 0 Å². The first-order chi connectivity index (χ1) is 19.7. The van der Waals surface area contributed by atoms with Crippen molar-refractivity contribution >= 4 is 23.7 Å². The maximum absolute atomic E-state index is 13.3. The second kappa shape index (κ2) is 16.2. The molecule has 0 unspecified atom stereocenters. The summed E-state index contributed by atoms with van der Waals surface area (Å²) in [5.41, 5.74) is 4.32. The van der Waals surface area contributed by atoms with Gasteiger partial charge in [-0.15, -0.1) is 0 Å². The molecular weight excluding hydrogens is 512 g/mol. The summed E-state index contributed by atoms with van der Waals surface area (Å²) in [6, 6.07) is 14.2. The number of piperazine rings is 1. The molecule has 7 nitrogen and oxygen atoms in total. The van der Waals surface area contributed by atoms with E-state index in [4.69, 9.17) is 4.74 Å². The SMILES string of the molecule is CCCCC(=O)N(C/C=C/c1ccccc1OC)CCN1CCN(C(=O)Nc2c(C(C)C)cccc2C(C)C)CC1. The summed E-state index contributed by atoms with van der Waals surface area (Å²) in [6.07, 6.45) is 6.55. The van der Waals surface area contributed by atoms with Crippen molar-refractivity contribution in [3.8, 4) is 5.75 Å². The fourth-order valence-corrected chi connectivity index (χ4v) is 5.23. The highest BCUT2D eigenvalue weighted by molar-refractivity contribution is 5.91. The molecule has 0 spiro atoms. The number of nitrogens with one attached hydrogen (secondary N) is 1. The lowest BCUT2D eigenvalue weighted by Gasteiger charge is -2.36. The molecule has 0 aromatic heterocycles. The van der Waals surface area contributed by atoms with Gasteiger partial charge in [-0.05, 0) is 35.4 Å². The molecule has 224 valence electrons. The summed E-state index contributed by atoms with van der Waals surface area (Å²) >= 11 is 0. The Balaban J connectivity index is 1.56. The van der Waals surface area contributed by atoms with Gasteiger partial charge in [0.25, 0.3) is 0 Å². The molecule has 7 heteroatoms. The average Bonchev–Trinajstić information content (AvgIpc) is 2.97. The van der Waals surface area contributed by atoms with Crippen LogP contribution in [0.3, 0.4) is 0 Å². The van der Waals surface area contributed by atoms with Gasteiger partial charge < -0.3 is 19.9 Å². The highest BCUT2D eigenvalue weighted by Crippen LogP contribution is 2.32. The summed E-state index contributed by atoms with van der Waals surface area (Å²) in [6.45, 7) is 15.7. The number of para-hydroxylation sites is 2. The zero-order chi connectivity index (χ0) is 29.8. The predicted molar refractivity (Wildman–Crippen MR) is 170 cm³/mol. The highest BCUT2D eigenvalue weighted by Gasteiger charge is 2.24. The lowest BCUT2D eigenvalue weighted by molar-refractivity contribution is -0.131. The number of urea groups is 1. The Bertz CT molecular complexity index is 1130. The van der Waals surface area contributed by atoms with Crippen molar-refractivity contribution < 1.29 is 14.3 Å². The monoisotopic (exact) mass is 562 g/mol. The van der Waals surface area contributed by atoms with Crippen molar-refractivity contribution in [1.82, 2.24) is 14.7 Å². The highest BCUT2D eigenvalue weighted by atomic mass is 16.5. The first kappa shape index (κ1) is 32.2. The van der Waals surface area contributed by atoms with E-state index >= 15 is 0 Å². The fraction of sp³-hybridized carbons (Fsp3) is 0.529. The third-order valence-corrected chi connectivity index (χ3v) is 7.81. The molecule has 1 aliphatic heterocycles. The Kier molecular flexibility index (Phi) is 12.7. The maximum Gasteiger partial charge on any atom is 0.321 e. The minimum absolute atomic E-state index is 0.0301. The van der Waals surface area contributed by atoms with Crippen molar-refractivity contribution in [3.05, 3.63) is 65.2 Å². The van der Waals surface area contributed by atoms with Gasteiger partial charge >= 0.3 is 6.03 Å². The molecule has 3 amide bonds. The molecule has 2 aromatic rings. The van der Waals surface area contributed by atoms with E-state index in [1.54, 1.807) is 7.11 Å². The molecule has 1 N–H and O–H groups in total. The quantitative estimate of drug-likeness (QED) is 0.291. The van der Waals surface area contributed by atoms with Crippen molar-refractivity contribution in [2.24, 2.45) is 0 Å². The summed E-state index contributed by atoms with van der Waals surface area (Å²) in [4.78, 5) is 32.5. The molecule has 0 atom stereocenters. The Morgan fingerprint density at radius 1 is 0.976 bits per heavy atom. The number of carbonyl (C=O) groups is 2. The van der Waals surface area contributed by atoms with E-state index in [2.05, 4.69) is 63.0 Å². The number of carbonyl (C=O) groups excluding carboxylic acids is 2. The smallest absolute Gasteiger partial charge is 0.321 e. The van der Waals surface area contributed by atoms with Gasteiger partial charge in [0.2, 0.25) is 5.91 Å². The topological polar surface area (TPSA) is 65.1 Å². The van der Waals surface area contributed by atoms with Gasteiger partial charge in [0.15, 0.2) is 0 Å². The van der Waals surface area contributed by atoms with Crippen LogP contribution in [-0.4, -0.2) is 79.6 Å². The van der Waals surface area contributed by atoms with Crippen molar-refractivity contribution in [2.45, 2.75) is 65.7 Å². The van der Waals surface area contributed by atoms with Crippen LogP contribution in [-0.2, 0) is 4.79 Å². The van der Waals surface area contributed by atoms with Gasteiger partial charge in [-0.2, -0.15) is 0 Å². The minimum atomic E-state index is -0.0301. The van der Waals surface area contributed by atoms with Crippen LogP contribution < -0.4 is 10.1 Å². The van der Waals surface area contributed by atoms with Crippen LogP contribution in [0.15, 0.2) is 48.5 Å². The number of benzene rings is 2. The van der Waals surface area contributed by atoms with Crippen LogP contribution in [0.5, 0.6) is 5.75 Å². The molecule has 2 aromatic carbocycles. The van der Waals surface area contributed by atoms with Crippen molar-refractivity contribution in [3.63, 3.8) is 0 Å². The average molecular weight is 563 g/mol. The Hall–Kier alpha value is -3.32. The standard InChI is InChI=1S/C34H50N4O3/c1-7-8-18-32(39)37(19-12-14-28-13-9-10-17-31(28)41-6)23-20-36-21-24-38(25-22-36)34(40)35-33-29(26(2)3)15-11-16-30(33)27(4)5/h9-17,26-27H,7-8,18-25H2,1-6H3,(H,35,40)/b14-12+. The van der Waals surface area contributed by atoms with Gasteiger partial charge in [0.1, 0.15) is 5.75 Å². The number of hydrogen-bond donors (Lipinski definition) is 1.